The number of nitrogens with zero attached hydrogens (tertiary/aromatic N) is 3. The number of H-pyrrole nitrogens is 1. The van der Waals surface area contributed by atoms with Gasteiger partial charge in [-0.25, -0.2) is 10.1 Å². The summed E-state index contributed by atoms with van der Waals surface area (Å²) in [5.74, 6) is -1.21. The molecule has 0 saturated carbocycles. The van der Waals surface area contributed by atoms with Gasteiger partial charge in [0.25, 0.3) is 17.8 Å². The summed E-state index contributed by atoms with van der Waals surface area (Å²) >= 11 is 6.27. The van der Waals surface area contributed by atoms with E-state index in [1.54, 1.807) is 18.3 Å². The van der Waals surface area contributed by atoms with E-state index in [2.05, 4.69) is 20.7 Å². The highest BCUT2D eigenvalue weighted by Crippen LogP contribution is 2.38. The predicted molar refractivity (Wildman–Crippen MR) is 136 cm³/mol. The molecule has 11 nitrogen and oxygen atoms in total. The van der Waals surface area contributed by atoms with Gasteiger partial charge in [-0.2, -0.15) is 0 Å². The standard InChI is InChI=1S/C24H20ClN7O4/c25-13-6-7-15-17(12-31(19(15)10-13)9-3-8-27-24(26)30-32(35)36)21-20(22(33)29-23(21)34)16-11-28-18-5-2-1-4-14(16)18/h1-2,4-7,10-12,28H,3,8-9H2,(H3,26,27,30)(H,29,33,34). The van der Waals surface area contributed by atoms with Gasteiger partial charge >= 0.3 is 0 Å². The van der Waals surface area contributed by atoms with Crippen LogP contribution >= 0.6 is 11.6 Å². The summed E-state index contributed by atoms with van der Waals surface area (Å²) in [6, 6.07) is 12.9. The van der Waals surface area contributed by atoms with Gasteiger partial charge in [0.05, 0.1) is 16.7 Å². The number of aromatic nitrogens is 2. The number of nitrogens with one attached hydrogen (secondary N) is 3. The normalized spacial score (nSPS) is 14.2. The maximum Gasteiger partial charge on any atom is 0.266 e. The SMILES string of the molecule is NC(=N[N+](=O)[O-])NCCCn1cc(C2=C(c3c[nH]c4ccccc34)C(=O)NC2=O)c2ccc(Cl)cc21. The molecule has 0 saturated heterocycles. The van der Waals surface area contributed by atoms with Crippen LogP contribution in [0.15, 0.2) is 60.0 Å². The van der Waals surface area contributed by atoms with Gasteiger partial charge in [-0.3, -0.25) is 14.9 Å². The number of hydrogen-bond acceptors (Lipinski definition) is 4. The second kappa shape index (κ2) is 9.19. The number of aromatic amines is 1. The van der Waals surface area contributed by atoms with Gasteiger partial charge in [0, 0.05) is 57.9 Å². The summed E-state index contributed by atoms with van der Waals surface area (Å²) in [5, 5.41) is 19.8. The van der Waals surface area contributed by atoms with E-state index in [0.717, 1.165) is 21.8 Å². The molecule has 0 atom stereocenters. The molecule has 182 valence electrons. The van der Waals surface area contributed by atoms with Crippen molar-refractivity contribution in [1.29, 1.82) is 0 Å². The molecule has 0 aliphatic carbocycles. The van der Waals surface area contributed by atoms with Crippen molar-refractivity contribution in [1.82, 2.24) is 20.2 Å². The van der Waals surface area contributed by atoms with Crippen molar-refractivity contribution < 1.29 is 14.6 Å². The number of guanidine groups is 1. The lowest BCUT2D eigenvalue weighted by atomic mass is 9.95. The van der Waals surface area contributed by atoms with Crippen LogP contribution in [-0.4, -0.2) is 38.9 Å². The fourth-order valence-electron chi connectivity index (χ4n) is 4.49. The van der Waals surface area contributed by atoms with Gasteiger partial charge in [0.1, 0.15) is 5.10 Å². The number of hydrazone groups is 1. The minimum atomic E-state index is -0.872. The Kier molecular flexibility index (Phi) is 5.90. The maximum absolute atomic E-state index is 13.0. The second-order valence-electron chi connectivity index (χ2n) is 8.18. The number of aryl methyl sites for hydroxylation is 1. The monoisotopic (exact) mass is 505 g/mol. The third-order valence-corrected chi connectivity index (χ3v) is 6.21. The number of imide groups is 1. The number of hydrogen-bond donors (Lipinski definition) is 4. The molecule has 2 aromatic carbocycles. The molecule has 3 heterocycles. The number of carbonyl (C=O) groups excluding carboxylic acids is 2. The molecule has 2 aromatic heterocycles. The Labute approximate surface area is 208 Å². The Morgan fingerprint density at radius 1 is 1.11 bits per heavy atom. The summed E-state index contributed by atoms with van der Waals surface area (Å²) in [5.41, 5.74) is 8.94. The van der Waals surface area contributed by atoms with E-state index in [1.165, 1.54) is 0 Å². The number of benzene rings is 2. The number of fused-ring (bicyclic) bond motifs is 2. The first-order chi connectivity index (χ1) is 17.3. The van der Waals surface area contributed by atoms with Crippen LogP contribution in [0.5, 0.6) is 0 Å². The van der Waals surface area contributed by atoms with Crippen molar-refractivity contribution in [2.45, 2.75) is 13.0 Å². The fourth-order valence-corrected chi connectivity index (χ4v) is 4.65. The molecular formula is C24H20ClN7O4. The number of rotatable bonds is 7. The highest BCUT2D eigenvalue weighted by atomic mass is 35.5. The molecule has 12 heteroatoms. The summed E-state index contributed by atoms with van der Waals surface area (Å²) < 4.78 is 1.93. The van der Waals surface area contributed by atoms with Crippen LogP contribution in [0.2, 0.25) is 5.02 Å². The van der Waals surface area contributed by atoms with Gasteiger partial charge in [-0.1, -0.05) is 35.9 Å². The average Bonchev–Trinajstić information content (AvgIpc) is 3.49. The molecule has 36 heavy (non-hydrogen) atoms. The zero-order valence-electron chi connectivity index (χ0n) is 18.7. The third kappa shape index (κ3) is 4.16. The predicted octanol–water partition coefficient (Wildman–Crippen LogP) is 2.83. The topological polar surface area (TPSA) is 160 Å². The smallest absolute Gasteiger partial charge is 0.266 e. The van der Waals surface area contributed by atoms with Gasteiger partial charge in [0.15, 0.2) is 5.03 Å². The average molecular weight is 506 g/mol. The van der Waals surface area contributed by atoms with E-state index in [0.29, 0.717) is 41.2 Å². The van der Waals surface area contributed by atoms with E-state index in [4.69, 9.17) is 17.3 Å². The Morgan fingerprint density at radius 2 is 1.86 bits per heavy atom. The Morgan fingerprint density at radius 3 is 2.64 bits per heavy atom. The van der Waals surface area contributed by atoms with E-state index < -0.39 is 16.8 Å². The Hall–Kier alpha value is -4.64. The summed E-state index contributed by atoms with van der Waals surface area (Å²) in [4.78, 5) is 39.6. The number of amides is 2. The van der Waals surface area contributed by atoms with E-state index >= 15 is 0 Å². The zero-order valence-corrected chi connectivity index (χ0v) is 19.5. The fraction of sp³-hybridized carbons (Fsp3) is 0.125. The van der Waals surface area contributed by atoms with Crippen LogP contribution < -0.4 is 16.4 Å². The van der Waals surface area contributed by atoms with Gasteiger partial charge in [-0.05, 0) is 24.6 Å². The lowest BCUT2D eigenvalue weighted by Gasteiger charge is -2.06. The molecule has 5 N–H and O–H groups in total. The molecule has 0 bridgehead atoms. The molecule has 2 amide bonds. The zero-order chi connectivity index (χ0) is 25.4. The number of halogens is 1. The van der Waals surface area contributed by atoms with E-state index in [9.17, 15) is 19.7 Å². The number of nitrogens with two attached hydrogens (primary N) is 1. The van der Waals surface area contributed by atoms with Crippen molar-refractivity contribution in [2.75, 3.05) is 6.54 Å². The molecule has 0 fully saturated rings. The third-order valence-electron chi connectivity index (χ3n) is 5.97. The molecule has 4 aromatic rings. The molecule has 0 spiro atoms. The first-order valence-electron chi connectivity index (χ1n) is 11.0. The van der Waals surface area contributed by atoms with Crippen molar-refractivity contribution in [3.05, 3.63) is 81.1 Å². The Bertz CT molecular complexity index is 1620. The minimum absolute atomic E-state index is 0.282. The first-order valence-corrected chi connectivity index (χ1v) is 11.4. The van der Waals surface area contributed by atoms with Gasteiger partial charge in [0.2, 0.25) is 0 Å². The van der Waals surface area contributed by atoms with Crippen LogP contribution in [-0.2, 0) is 16.1 Å². The molecule has 0 unspecified atom stereocenters. The maximum atomic E-state index is 13.0. The van der Waals surface area contributed by atoms with E-state index in [1.807, 2.05) is 41.1 Å². The van der Waals surface area contributed by atoms with Crippen molar-refractivity contribution in [3.8, 4) is 0 Å². The summed E-state index contributed by atoms with van der Waals surface area (Å²) in [7, 11) is 0. The second-order valence-corrected chi connectivity index (χ2v) is 8.62. The van der Waals surface area contributed by atoms with Gasteiger partial charge in [-0.15, -0.1) is 0 Å². The van der Waals surface area contributed by atoms with Gasteiger partial charge < -0.3 is 20.6 Å². The quantitative estimate of drug-likeness (QED) is 0.0754. The van der Waals surface area contributed by atoms with Crippen molar-refractivity contribution >= 4 is 62.3 Å². The number of carbonyl (C=O) groups is 2. The summed E-state index contributed by atoms with van der Waals surface area (Å²) in [6.45, 7) is 0.821. The minimum Gasteiger partial charge on any atom is -0.365 e. The first kappa shape index (κ1) is 23.1. The number of para-hydroxylation sites is 1. The molecule has 0 radical (unpaired) electrons. The largest absolute Gasteiger partial charge is 0.365 e. The van der Waals surface area contributed by atoms with E-state index in [-0.39, 0.29) is 11.5 Å². The van der Waals surface area contributed by atoms with Crippen LogP contribution in [0.4, 0.5) is 0 Å². The van der Waals surface area contributed by atoms with Crippen LogP contribution in [0, 0.1) is 10.1 Å². The summed E-state index contributed by atoms with van der Waals surface area (Å²) in [6.07, 6.45) is 4.09. The van der Waals surface area contributed by atoms with Crippen LogP contribution in [0.1, 0.15) is 17.5 Å². The molecular weight excluding hydrogens is 486 g/mol. The Balaban J connectivity index is 1.57. The highest BCUT2D eigenvalue weighted by Gasteiger charge is 2.35. The number of nitro groups is 1. The van der Waals surface area contributed by atoms with Crippen molar-refractivity contribution in [2.24, 2.45) is 10.8 Å². The molecule has 1 aliphatic heterocycles. The highest BCUT2D eigenvalue weighted by molar-refractivity contribution is 6.50. The van der Waals surface area contributed by atoms with Crippen LogP contribution in [0.25, 0.3) is 33.0 Å². The van der Waals surface area contributed by atoms with Crippen LogP contribution in [0.3, 0.4) is 0 Å². The lowest BCUT2D eigenvalue weighted by Crippen LogP contribution is -2.33. The molecule has 5 rings (SSSR count). The van der Waals surface area contributed by atoms with Crippen molar-refractivity contribution in [3.63, 3.8) is 0 Å². The lowest BCUT2D eigenvalue weighted by molar-refractivity contribution is -0.485. The molecule has 1 aliphatic rings.